The SMILES string of the molecule is COC1[C]=Cc2ccccc2[S+]([O-])C1OC. The molecule has 1 aliphatic heterocycles. The van der Waals surface area contributed by atoms with Crippen LogP contribution in [0.3, 0.4) is 0 Å². The van der Waals surface area contributed by atoms with Crippen LogP contribution < -0.4 is 0 Å². The molecular formula is C12H13O3S. The summed E-state index contributed by atoms with van der Waals surface area (Å²) in [6.45, 7) is 0. The Hall–Kier alpha value is -0.810. The molecule has 16 heavy (non-hydrogen) atoms. The first-order valence-electron chi connectivity index (χ1n) is 4.92. The normalized spacial score (nSPS) is 28.6. The van der Waals surface area contributed by atoms with Crippen molar-refractivity contribution < 1.29 is 14.0 Å². The summed E-state index contributed by atoms with van der Waals surface area (Å²) >= 11 is -1.24. The minimum absolute atomic E-state index is 0.404. The van der Waals surface area contributed by atoms with E-state index in [4.69, 9.17) is 9.47 Å². The molecule has 1 heterocycles. The van der Waals surface area contributed by atoms with Gasteiger partial charge >= 0.3 is 0 Å². The van der Waals surface area contributed by atoms with Crippen molar-refractivity contribution in [2.75, 3.05) is 14.2 Å². The largest absolute Gasteiger partial charge is 0.609 e. The molecule has 3 atom stereocenters. The first-order chi connectivity index (χ1) is 7.77. The number of ether oxygens (including phenoxy) is 2. The van der Waals surface area contributed by atoms with Gasteiger partial charge in [-0.05, 0) is 24.3 Å². The van der Waals surface area contributed by atoms with Crippen LogP contribution in [0.2, 0.25) is 0 Å². The lowest BCUT2D eigenvalue weighted by Crippen LogP contribution is -2.35. The Morgan fingerprint density at radius 1 is 1.25 bits per heavy atom. The zero-order valence-electron chi connectivity index (χ0n) is 9.17. The van der Waals surface area contributed by atoms with E-state index in [0.717, 1.165) is 10.5 Å². The molecular weight excluding hydrogens is 224 g/mol. The maximum Gasteiger partial charge on any atom is 0.251 e. The quantitative estimate of drug-likeness (QED) is 0.734. The Labute approximate surface area is 98.2 Å². The monoisotopic (exact) mass is 237 g/mol. The van der Waals surface area contributed by atoms with Crippen LogP contribution in [0.15, 0.2) is 29.2 Å². The van der Waals surface area contributed by atoms with E-state index in [1.165, 1.54) is 7.11 Å². The molecule has 0 fully saturated rings. The fourth-order valence-electron chi connectivity index (χ4n) is 1.66. The summed E-state index contributed by atoms with van der Waals surface area (Å²) < 4.78 is 22.7. The fraction of sp³-hybridized carbons (Fsp3) is 0.333. The maximum atomic E-state index is 12.3. The van der Waals surface area contributed by atoms with Crippen LogP contribution in [-0.2, 0) is 20.6 Å². The lowest BCUT2D eigenvalue weighted by molar-refractivity contribution is 0.0289. The number of rotatable bonds is 2. The maximum absolute atomic E-state index is 12.3. The highest BCUT2D eigenvalue weighted by molar-refractivity contribution is 7.92. The molecule has 0 spiro atoms. The third-order valence-corrected chi connectivity index (χ3v) is 4.15. The third-order valence-electron chi connectivity index (χ3n) is 2.48. The van der Waals surface area contributed by atoms with Gasteiger partial charge in [-0.1, -0.05) is 12.1 Å². The summed E-state index contributed by atoms with van der Waals surface area (Å²) in [4.78, 5) is 0.765. The van der Waals surface area contributed by atoms with Crippen LogP contribution >= 0.6 is 0 Å². The van der Waals surface area contributed by atoms with Crippen LogP contribution in [0.25, 0.3) is 6.08 Å². The summed E-state index contributed by atoms with van der Waals surface area (Å²) in [6, 6.07) is 7.52. The molecule has 1 aromatic carbocycles. The molecule has 4 heteroatoms. The van der Waals surface area contributed by atoms with Gasteiger partial charge < -0.3 is 14.0 Å². The zero-order valence-corrected chi connectivity index (χ0v) is 9.99. The summed E-state index contributed by atoms with van der Waals surface area (Å²) in [5.41, 5.74) is 0.396. The first-order valence-corrected chi connectivity index (χ1v) is 6.13. The molecule has 1 radical (unpaired) electrons. The number of hydrogen-bond donors (Lipinski definition) is 0. The standard InChI is InChI=1S/C12H13O3S/c1-14-10-8-7-9-5-3-4-6-11(9)16(13)12(10)15-2/h3-7,10,12H,1-2H3. The summed E-state index contributed by atoms with van der Waals surface area (Å²) in [5.74, 6) is 0. The lowest BCUT2D eigenvalue weighted by atomic mass is 10.2. The van der Waals surface area contributed by atoms with Gasteiger partial charge in [0, 0.05) is 31.0 Å². The van der Waals surface area contributed by atoms with E-state index in [9.17, 15) is 4.55 Å². The second-order valence-electron chi connectivity index (χ2n) is 3.41. The van der Waals surface area contributed by atoms with Crippen molar-refractivity contribution in [3.63, 3.8) is 0 Å². The Morgan fingerprint density at radius 2 is 2.00 bits per heavy atom. The first kappa shape index (κ1) is 11.7. The Morgan fingerprint density at radius 3 is 2.69 bits per heavy atom. The van der Waals surface area contributed by atoms with Crippen molar-refractivity contribution in [1.29, 1.82) is 0 Å². The van der Waals surface area contributed by atoms with Gasteiger partial charge in [-0.3, -0.25) is 0 Å². The predicted molar refractivity (Wildman–Crippen MR) is 62.2 cm³/mol. The number of benzene rings is 1. The van der Waals surface area contributed by atoms with Crippen molar-refractivity contribution in [2.24, 2.45) is 0 Å². The smallest absolute Gasteiger partial charge is 0.251 e. The number of fused-ring (bicyclic) bond motifs is 1. The average molecular weight is 237 g/mol. The van der Waals surface area contributed by atoms with Crippen molar-refractivity contribution in [3.05, 3.63) is 35.9 Å². The van der Waals surface area contributed by atoms with E-state index in [1.807, 2.05) is 24.3 Å². The molecule has 2 rings (SSSR count). The van der Waals surface area contributed by atoms with Gasteiger partial charge in [0.05, 0.1) is 0 Å². The van der Waals surface area contributed by atoms with E-state index in [2.05, 4.69) is 6.08 Å². The number of hydrogen-bond acceptors (Lipinski definition) is 3. The van der Waals surface area contributed by atoms with Crippen molar-refractivity contribution in [3.8, 4) is 0 Å². The molecule has 0 N–H and O–H groups in total. The zero-order chi connectivity index (χ0) is 11.5. The molecule has 3 nitrogen and oxygen atoms in total. The second kappa shape index (κ2) is 5.01. The van der Waals surface area contributed by atoms with E-state index >= 15 is 0 Å². The van der Waals surface area contributed by atoms with Crippen molar-refractivity contribution in [2.45, 2.75) is 16.4 Å². The van der Waals surface area contributed by atoms with Crippen molar-refractivity contribution >= 4 is 17.3 Å². The highest BCUT2D eigenvalue weighted by Gasteiger charge is 2.35. The van der Waals surface area contributed by atoms with E-state index in [-0.39, 0.29) is 0 Å². The molecule has 0 aromatic heterocycles. The summed E-state index contributed by atoms with van der Waals surface area (Å²) in [5, 5.41) is 0. The molecule has 0 bridgehead atoms. The van der Waals surface area contributed by atoms with Crippen LogP contribution in [0, 0.1) is 6.08 Å². The molecule has 85 valence electrons. The van der Waals surface area contributed by atoms with Gasteiger partial charge in [0.25, 0.3) is 5.44 Å². The van der Waals surface area contributed by atoms with Gasteiger partial charge in [-0.25, -0.2) is 0 Å². The van der Waals surface area contributed by atoms with Gasteiger partial charge in [0.15, 0.2) is 11.0 Å². The van der Waals surface area contributed by atoms with Crippen LogP contribution in [0.1, 0.15) is 5.56 Å². The van der Waals surface area contributed by atoms with Crippen LogP contribution in [0.5, 0.6) is 0 Å². The van der Waals surface area contributed by atoms with E-state index in [1.54, 1.807) is 13.2 Å². The van der Waals surface area contributed by atoms with Crippen molar-refractivity contribution in [1.82, 2.24) is 0 Å². The van der Waals surface area contributed by atoms with Gasteiger partial charge in [0.2, 0.25) is 0 Å². The van der Waals surface area contributed by atoms with Gasteiger partial charge in [0.1, 0.15) is 0 Å². The molecule has 0 saturated heterocycles. The molecule has 0 amide bonds. The molecule has 1 aliphatic rings. The minimum Gasteiger partial charge on any atom is -0.609 e. The van der Waals surface area contributed by atoms with E-state index < -0.39 is 22.7 Å². The van der Waals surface area contributed by atoms with Gasteiger partial charge in [-0.15, -0.1) is 0 Å². The fourth-order valence-corrected chi connectivity index (χ4v) is 3.07. The third kappa shape index (κ3) is 2.01. The molecule has 0 aliphatic carbocycles. The molecule has 3 unspecified atom stereocenters. The van der Waals surface area contributed by atoms with Crippen LogP contribution in [-0.4, -0.2) is 30.3 Å². The topological polar surface area (TPSA) is 41.5 Å². The minimum atomic E-state index is -1.24. The lowest BCUT2D eigenvalue weighted by Gasteiger charge is -2.23. The predicted octanol–water partition coefficient (Wildman–Crippen LogP) is 1.61. The Bertz CT molecular complexity index is 392. The summed E-state index contributed by atoms with van der Waals surface area (Å²) in [7, 11) is 3.09. The average Bonchev–Trinajstić information content (AvgIpc) is 2.46. The van der Waals surface area contributed by atoms with Gasteiger partial charge in [-0.2, -0.15) is 0 Å². The molecule has 1 aromatic rings. The highest BCUT2D eigenvalue weighted by Crippen LogP contribution is 2.28. The second-order valence-corrected chi connectivity index (χ2v) is 4.91. The summed E-state index contributed by atoms with van der Waals surface area (Å²) in [6.07, 6.45) is 4.46. The Balaban J connectivity index is 2.43. The number of methoxy groups -OCH3 is 2. The highest BCUT2D eigenvalue weighted by atomic mass is 32.2. The molecule has 0 saturated carbocycles. The van der Waals surface area contributed by atoms with E-state index in [0.29, 0.717) is 0 Å². The Kier molecular flexibility index (Phi) is 3.66. The van der Waals surface area contributed by atoms with Crippen LogP contribution in [0.4, 0.5) is 0 Å².